The Labute approximate surface area is 103 Å². The molecule has 0 saturated heterocycles. The fraction of sp³-hybridized carbons (Fsp3) is 0.692. The Morgan fingerprint density at radius 1 is 1.50 bits per heavy atom. The molecule has 3 heteroatoms. The van der Waals surface area contributed by atoms with Crippen molar-refractivity contribution in [3.05, 3.63) is 21.9 Å². The van der Waals surface area contributed by atoms with Crippen molar-refractivity contribution < 1.29 is 5.11 Å². The van der Waals surface area contributed by atoms with Crippen LogP contribution in [0.3, 0.4) is 0 Å². The van der Waals surface area contributed by atoms with Gasteiger partial charge in [0.15, 0.2) is 0 Å². The van der Waals surface area contributed by atoms with Crippen molar-refractivity contribution in [2.45, 2.75) is 46.3 Å². The number of thiophene rings is 1. The van der Waals surface area contributed by atoms with Gasteiger partial charge in [-0.15, -0.1) is 11.3 Å². The van der Waals surface area contributed by atoms with E-state index in [4.69, 9.17) is 0 Å². The Bertz CT molecular complexity index is 319. The van der Waals surface area contributed by atoms with Gasteiger partial charge in [-0.2, -0.15) is 0 Å². The molecule has 2 unspecified atom stereocenters. The van der Waals surface area contributed by atoms with Crippen molar-refractivity contribution in [3.63, 3.8) is 0 Å². The highest BCUT2D eigenvalue weighted by atomic mass is 32.1. The van der Waals surface area contributed by atoms with E-state index < -0.39 is 5.60 Å². The SMILES string of the molecule is CCC(C)C(C)(O)CNCc1ccc(C)s1. The van der Waals surface area contributed by atoms with Gasteiger partial charge in [-0.25, -0.2) is 0 Å². The van der Waals surface area contributed by atoms with E-state index in [1.54, 1.807) is 0 Å². The summed E-state index contributed by atoms with van der Waals surface area (Å²) in [4.78, 5) is 2.67. The molecule has 0 aliphatic heterocycles. The van der Waals surface area contributed by atoms with Gasteiger partial charge in [-0.3, -0.25) is 0 Å². The van der Waals surface area contributed by atoms with E-state index in [2.05, 4.69) is 38.2 Å². The predicted molar refractivity (Wildman–Crippen MR) is 70.8 cm³/mol. The van der Waals surface area contributed by atoms with Crippen molar-refractivity contribution in [2.24, 2.45) is 5.92 Å². The van der Waals surface area contributed by atoms with Gasteiger partial charge in [0, 0.05) is 22.8 Å². The summed E-state index contributed by atoms with van der Waals surface area (Å²) >= 11 is 1.81. The van der Waals surface area contributed by atoms with Gasteiger partial charge in [-0.05, 0) is 31.9 Å². The van der Waals surface area contributed by atoms with Crippen LogP contribution in [-0.2, 0) is 6.54 Å². The van der Waals surface area contributed by atoms with E-state index in [1.165, 1.54) is 9.75 Å². The first-order valence-electron chi connectivity index (χ1n) is 5.94. The second-order valence-corrected chi connectivity index (χ2v) is 6.15. The number of rotatable bonds is 6. The molecule has 2 nitrogen and oxygen atoms in total. The third kappa shape index (κ3) is 3.89. The third-order valence-corrected chi connectivity index (χ3v) is 4.25. The van der Waals surface area contributed by atoms with Gasteiger partial charge in [0.2, 0.25) is 0 Å². The Kier molecular flexibility index (Phi) is 4.96. The predicted octanol–water partition coefficient (Wildman–Crippen LogP) is 2.94. The summed E-state index contributed by atoms with van der Waals surface area (Å²) in [5.41, 5.74) is -0.610. The lowest BCUT2D eigenvalue weighted by Crippen LogP contribution is -2.42. The summed E-state index contributed by atoms with van der Waals surface area (Å²) in [6.45, 7) is 9.74. The Hall–Kier alpha value is -0.380. The lowest BCUT2D eigenvalue weighted by Gasteiger charge is -2.29. The molecular weight excluding hydrogens is 218 g/mol. The largest absolute Gasteiger partial charge is 0.389 e. The summed E-state index contributed by atoms with van der Waals surface area (Å²) in [7, 11) is 0. The molecule has 0 fully saturated rings. The monoisotopic (exact) mass is 241 g/mol. The third-order valence-electron chi connectivity index (χ3n) is 3.25. The molecule has 1 heterocycles. The van der Waals surface area contributed by atoms with E-state index >= 15 is 0 Å². The molecule has 1 aromatic heterocycles. The van der Waals surface area contributed by atoms with Crippen molar-refractivity contribution in [1.29, 1.82) is 0 Å². The molecule has 0 saturated carbocycles. The van der Waals surface area contributed by atoms with Crippen LogP contribution in [0.5, 0.6) is 0 Å². The molecule has 92 valence electrons. The first-order valence-corrected chi connectivity index (χ1v) is 6.75. The minimum absolute atomic E-state index is 0.324. The van der Waals surface area contributed by atoms with Crippen LogP contribution in [0.2, 0.25) is 0 Å². The quantitative estimate of drug-likeness (QED) is 0.802. The standard InChI is InChI=1S/C13H23NOS/c1-5-10(2)13(4,15)9-14-8-12-7-6-11(3)16-12/h6-7,10,14-15H,5,8-9H2,1-4H3. The highest BCUT2D eigenvalue weighted by molar-refractivity contribution is 7.11. The van der Waals surface area contributed by atoms with Gasteiger partial charge in [0.1, 0.15) is 0 Å². The zero-order chi connectivity index (χ0) is 12.2. The van der Waals surface area contributed by atoms with Crippen LogP contribution in [0.4, 0.5) is 0 Å². The average Bonchev–Trinajstić information content (AvgIpc) is 2.62. The van der Waals surface area contributed by atoms with E-state index in [-0.39, 0.29) is 0 Å². The number of nitrogens with one attached hydrogen (secondary N) is 1. The normalized spacial score (nSPS) is 17.1. The molecule has 1 rings (SSSR count). The van der Waals surface area contributed by atoms with Crippen LogP contribution in [-0.4, -0.2) is 17.3 Å². The molecule has 16 heavy (non-hydrogen) atoms. The molecule has 1 aromatic rings. The van der Waals surface area contributed by atoms with Crippen LogP contribution < -0.4 is 5.32 Å². The average molecular weight is 241 g/mol. The summed E-state index contributed by atoms with van der Waals surface area (Å²) in [5, 5.41) is 13.5. The zero-order valence-electron chi connectivity index (χ0n) is 10.7. The lowest BCUT2D eigenvalue weighted by atomic mass is 9.89. The van der Waals surface area contributed by atoms with Gasteiger partial charge < -0.3 is 10.4 Å². The van der Waals surface area contributed by atoms with Crippen molar-refractivity contribution in [2.75, 3.05) is 6.54 Å². The van der Waals surface area contributed by atoms with E-state index in [0.29, 0.717) is 12.5 Å². The number of hydrogen-bond donors (Lipinski definition) is 2. The van der Waals surface area contributed by atoms with Crippen LogP contribution >= 0.6 is 11.3 Å². The van der Waals surface area contributed by atoms with Gasteiger partial charge >= 0.3 is 0 Å². The van der Waals surface area contributed by atoms with Crippen LogP contribution in [0.1, 0.15) is 36.9 Å². The zero-order valence-corrected chi connectivity index (χ0v) is 11.5. The molecule has 0 radical (unpaired) electrons. The van der Waals surface area contributed by atoms with Crippen molar-refractivity contribution in [3.8, 4) is 0 Å². The first-order chi connectivity index (χ1) is 7.45. The minimum Gasteiger partial charge on any atom is -0.389 e. The smallest absolute Gasteiger partial charge is 0.0768 e. The van der Waals surface area contributed by atoms with Crippen LogP contribution in [0.25, 0.3) is 0 Å². The fourth-order valence-corrected chi connectivity index (χ4v) is 2.49. The van der Waals surface area contributed by atoms with E-state index in [9.17, 15) is 5.11 Å². The molecule has 0 bridgehead atoms. The summed E-state index contributed by atoms with van der Waals surface area (Å²) in [6, 6.07) is 4.28. The highest BCUT2D eigenvalue weighted by Gasteiger charge is 2.26. The molecule has 2 N–H and O–H groups in total. The van der Waals surface area contributed by atoms with Gasteiger partial charge in [0.25, 0.3) is 0 Å². The summed E-state index contributed by atoms with van der Waals surface area (Å²) in [6.07, 6.45) is 1.01. The molecule has 0 aliphatic carbocycles. The molecule has 0 spiro atoms. The second kappa shape index (κ2) is 5.80. The molecule has 2 atom stereocenters. The summed E-state index contributed by atoms with van der Waals surface area (Å²) in [5.74, 6) is 0.324. The Morgan fingerprint density at radius 2 is 2.19 bits per heavy atom. The van der Waals surface area contributed by atoms with E-state index in [1.807, 2.05) is 18.3 Å². The maximum Gasteiger partial charge on any atom is 0.0768 e. The van der Waals surface area contributed by atoms with Gasteiger partial charge in [-0.1, -0.05) is 20.3 Å². The van der Waals surface area contributed by atoms with Crippen molar-refractivity contribution in [1.82, 2.24) is 5.32 Å². The Morgan fingerprint density at radius 3 is 2.69 bits per heavy atom. The Balaban J connectivity index is 2.35. The van der Waals surface area contributed by atoms with Crippen LogP contribution in [0.15, 0.2) is 12.1 Å². The molecule has 0 aliphatic rings. The van der Waals surface area contributed by atoms with Crippen LogP contribution in [0, 0.1) is 12.8 Å². The van der Waals surface area contributed by atoms with E-state index in [0.717, 1.165) is 13.0 Å². The minimum atomic E-state index is -0.610. The first kappa shape index (κ1) is 13.7. The summed E-state index contributed by atoms with van der Waals surface area (Å²) < 4.78 is 0. The fourth-order valence-electron chi connectivity index (χ4n) is 1.63. The topological polar surface area (TPSA) is 32.3 Å². The maximum absolute atomic E-state index is 10.2. The number of hydrogen-bond acceptors (Lipinski definition) is 3. The van der Waals surface area contributed by atoms with Crippen molar-refractivity contribution >= 4 is 11.3 Å². The molecule has 0 aromatic carbocycles. The molecular formula is C13H23NOS. The highest BCUT2D eigenvalue weighted by Crippen LogP contribution is 2.19. The number of aryl methyl sites for hydroxylation is 1. The van der Waals surface area contributed by atoms with Gasteiger partial charge in [0.05, 0.1) is 5.60 Å². The molecule has 0 amide bonds. The lowest BCUT2D eigenvalue weighted by molar-refractivity contribution is 0.00540. The second-order valence-electron chi connectivity index (χ2n) is 4.78. The number of aliphatic hydroxyl groups is 1. The maximum atomic E-state index is 10.2.